The summed E-state index contributed by atoms with van der Waals surface area (Å²) in [5.41, 5.74) is 5.82. The number of rotatable bonds is 19. The van der Waals surface area contributed by atoms with Gasteiger partial charge in [0.1, 0.15) is 24.4 Å². The lowest BCUT2D eigenvalue weighted by molar-refractivity contribution is -0.139. The van der Waals surface area contributed by atoms with Gasteiger partial charge in [-0.3, -0.25) is 24.0 Å². The van der Waals surface area contributed by atoms with Crippen molar-refractivity contribution in [2.24, 2.45) is 5.73 Å². The zero-order chi connectivity index (χ0) is 27.6. The van der Waals surface area contributed by atoms with Gasteiger partial charge in [-0.15, -0.1) is 11.8 Å². The van der Waals surface area contributed by atoms with Crippen LogP contribution in [0.5, 0.6) is 5.75 Å². The van der Waals surface area contributed by atoms with Gasteiger partial charge in [0.05, 0.1) is 6.61 Å². The number of carbonyl (C=O) groups is 5. The molecular formula is C25H35N3O8S. The molecule has 0 aliphatic rings. The van der Waals surface area contributed by atoms with Crippen LogP contribution in [0.1, 0.15) is 55.8 Å². The summed E-state index contributed by atoms with van der Waals surface area (Å²) >= 11 is 1.07. The van der Waals surface area contributed by atoms with Crippen LogP contribution in [0.4, 0.5) is 0 Å². The van der Waals surface area contributed by atoms with Crippen LogP contribution in [0.15, 0.2) is 35.7 Å². The molecular weight excluding hydrogens is 502 g/mol. The third-order valence-corrected chi connectivity index (χ3v) is 5.88. The van der Waals surface area contributed by atoms with Gasteiger partial charge in [-0.1, -0.05) is 38.3 Å². The summed E-state index contributed by atoms with van der Waals surface area (Å²) < 4.78 is 5.70. The minimum absolute atomic E-state index is 0.00681. The Kier molecular flexibility index (Phi) is 15.4. The van der Waals surface area contributed by atoms with E-state index in [9.17, 15) is 24.0 Å². The number of ether oxygens (including phenoxy) is 1. The Morgan fingerprint density at radius 2 is 1.89 bits per heavy atom. The minimum Gasteiger partial charge on any atom is -0.494 e. The van der Waals surface area contributed by atoms with Crippen LogP contribution in [-0.2, 0) is 19.2 Å². The molecule has 11 nitrogen and oxygen atoms in total. The number of ketones is 1. The molecule has 1 aromatic rings. The second kappa shape index (κ2) is 18.0. The number of amides is 2. The Hall–Kier alpha value is -3.38. The standard InChI is InChI=1S/C25H35N3O8S/c1-2-3-4-5-12-36-18-8-6-7-17(14-18)21(29)11-13-37-16-20(24(33)27-15-23(31)32)28-22(30)10-9-19(26)25(34)35/h6-8,11,13-14,19-20H,2-5,9-10,12,15-16,26H2,1H3,(H,27,33)(H,28,30)(H,31,32)(H,34,35)/t19-,20-/m0/s1. The monoisotopic (exact) mass is 537 g/mol. The van der Waals surface area contributed by atoms with Crippen molar-refractivity contribution in [2.45, 2.75) is 57.5 Å². The Labute approximate surface area is 220 Å². The van der Waals surface area contributed by atoms with Gasteiger partial charge in [0.25, 0.3) is 0 Å². The molecule has 0 saturated carbocycles. The topological polar surface area (TPSA) is 185 Å². The third-order valence-electron chi connectivity index (χ3n) is 5.03. The highest BCUT2D eigenvalue weighted by Gasteiger charge is 2.22. The summed E-state index contributed by atoms with van der Waals surface area (Å²) in [6.45, 7) is 2.07. The van der Waals surface area contributed by atoms with E-state index in [1.54, 1.807) is 24.3 Å². The fourth-order valence-electron chi connectivity index (χ4n) is 2.96. The quantitative estimate of drug-likeness (QED) is 0.0992. The smallest absolute Gasteiger partial charge is 0.322 e. The number of aliphatic carboxylic acids is 2. The second-order valence-corrected chi connectivity index (χ2v) is 9.09. The molecule has 2 atom stereocenters. The number of benzene rings is 1. The molecule has 0 saturated heterocycles. The first-order chi connectivity index (χ1) is 17.6. The maximum absolute atomic E-state index is 12.5. The highest BCUT2D eigenvalue weighted by molar-refractivity contribution is 8.02. The molecule has 0 heterocycles. The van der Waals surface area contributed by atoms with E-state index in [2.05, 4.69) is 17.6 Å². The molecule has 0 fully saturated rings. The van der Waals surface area contributed by atoms with Crippen LogP contribution in [0.25, 0.3) is 0 Å². The number of hydrogen-bond donors (Lipinski definition) is 5. The lowest BCUT2D eigenvalue weighted by Crippen LogP contribution is -2.49. The number of carboxylic acid groups (broad SMARTS) is 2. The number of carbonyl (C=O) groups excluding carboxylic acids is 3. The number of nitrogens with one attached hydrogen (secondary N) is 2. The van der Waals surface area contributed by atoms with E-state index >= 15 is 0 Å². The number of allylic oxidation sites excluding steroid dienone is 1. The summed E-state index contributed by atoms with van der Waals surface area (Å²) in [6, 6.07) is 4.48. The van der Waals surface area contributed by atoms with Crippen molar-refractivity contribution < 1.29 is 38.9 Å². The largest absolute Gasteiger partial charge is 0.494 e. The van der Waals surface area contributed by atoms with E-state index in [0.29, 0.717) is 17.9 Å². The van der Waals surface area contributed by atoms with Gasteiger partial charge in [-0.05, 0) is 36.5 Å². The lowest BCUT2D eigenvalue weighted by atomic mass is 10.1. The van der Waals surface area contributed by atoms with Crippen molar-refractivity contribution in [3.8, 4) is 5.75 Å². The SMILES string of the molecule is CCCCCCOc1cccc(C(=O)C=CSC[C@H](NC(=O)CC[C@H](N)C(=O)O)C(=O)NCC(=O)O)c1. The molecule has 6 N–H and O–H groups in total. The van der Waals surface area contributed by atoms with E-state index in [0.717, 1.165) is 37.4 Å². The molecule has 0 aromatic heterocycles. The first-order valence-electron chi connectivity index (χ1n) is 12.0. The molecule has 12 heteroatoms. The summed E-state index contributed by atoms with van der Waals surface area (Å²) in [6.07, 6.45) is 5.27. The van der Waals surface area contributed by atoms with Gasteiger partial charge in [0, 0.05) is 17.7 Å². The molecule has 37 heavy (non-hydrogen) atoms. The molecule has 2 amide bonds. The molecule has 0 aliphatic carbocycles. The van der Waals surface area contributed by atoms with E-state index in [1.165, 1.54) is 11.5 Å². The van der Waals surface area contributed by atoms with Gasteiger partial charge < -0.3 is 31.3 Å². The van der Waals surface area contributed by atoms with Gasteiger partial charge in [0.15, 0.2) is 5.78 Å². The van der Waals surface area contributed by atoms with Crippen molar-refractivity contribution in [2.75, 3.05) is 18.9 Å². The van der Waals surface area contributed by atoms with E-state index in [4.69, 9.17) is 20.7 Å². The Morgan fingerprint density at radius 3 is 2.57 bits per heavy atom. The van der Waals surface area contributed by atoms with Gasteiger partial charge >= 0.3 is 11.9 Å². The second-order valence-electron chi connectivity index (χ2n) is 8.15. The average molecular weight is 538 g/mol. The molecule has 1 aromatic carbocycles. The van der Waals surface area contributed by atoms with Crippen molar-refractivity contribution in [3.05, 3.63) is 41.3 Å². The van der Waals surface area contributed by atoms with Crippen molar-refractivity contribution in [1.82, 2.24) is 10.6 Å². The van der Waals surface area contributed by atoms with Crippen LogP contribution in [0.2, 0.25) is 0 Å². The van der Waals surface area contributed by atoms with Crippen molar-refractivity contribution in [3.63, 3.8) is 0 Å². The van der Waals surface area contributed by atoms with Crippen LogP contribution < -0.4 is 21.1 Å². The Bertz CT molecular complexity index is 954. The summed E-state index contributed by atoms with van der Waals surface area (Å²) in [5.74, 6) is -3.51. The Balaban J connectivity index is 2.66. The van der Waals surface area contributed by atoms with Gasteiger partial charge in [-0.25, -0.2) is 0 Å². The fourth-order valence-corrected chi connectivity index (χ4v) is 3.72. The van der Waals surface area contributed by atoms with Crippen molar-refractivity contribution >= 4 is 41.3 Å². The molecule has 0 unspecified atom stereocenters. The number of unbranched alkanes of at least 4 members (excludes halogenated alkanes) is 3. The third kappa shape index (κ3) is 14.1. The average Bonchev–Trinajstić information content (AvgIpc) is 2.87. The zero-order valence-electron chi connectivity index (χ0n) is 20.8. The zero-order valence-corrected chi connectivity index (χ0v) is 21.6. The molecule has 0 bridgehead atoms. The summed E-state index contributed by atoms with van der Waals surface area (Å²) in [4.78, 5) is 58.6. The lowest BCUT2D eigenvalue weighted by Gasteiger charge is -2.17. The predicted molar refractivity (Wildman–Crippen MR) is 139 cm³/mol. The van der Waals surface area contributed by atoms with Crippen LogP contribution in [-0.4, -0.2) is 70.7 Å². The maximum Gasteiger partial charge on any atom is 0.322 e. The molecule has 0 radical (unpaired) electrons. The van der Waals surface area contributed by atoms with Gasteiger partial charge in [0.2, 0.25) is 11.8 Å². The number of hydrogen-bond acceptors (Lipinski definition) is 8. The number of nitrogens with two attached hydrogens (primary N) is 1. The van der Waals surface area contributed by atoms with Crippen LogP contribution >= 0.6 is 11.8 Å². The summed E-state index contributed by atoms with van der Waals surface area (Å²) in [5, 5.41) is 23.7. The number of carboxylic acids is 2. The van der Waals surface area contributed by atoms with E-state index in [-0.39, 0.29) is 24.4 Å². The van der Waals surface area contributed by atoms with E-state index < -0.39 is 42.4 Å². The Morgan fingerprint density at radius 1 is 1.14 bits per heavy atom. The first-order valence-corrected chi connectivity index (χ1v) is 13.0. The predicted octanol–water partition coefficient (Wildman–Crippen LogP) is 1.95. The van der Waals surface area contributed by atoms with Crippen LogP contribution in [0, 0.1) is 0 Å². The minimum atomic E-state index is -1.25. The maximum atomic E-state index is 12.5. The fraction of sp³-hybridized carbons (Fsp3) is 0.480. The molecule has 0 aliphatic heterocycles. The van der Waals surface area contributed by atoms with E-state index in [1.807, 2.05) is 0 Å². The molecule has 0 spiro atoms. The highest BCUT2D eigenvalue weighted by atomic mass is 32.2. The number of thioether (sulfide) groups is 1. The summed E-state index contributed by atoms with van der Waals surface area (Å²) in [7, 11) is 0. The normalized spacial score (nSPS) is 12.5. The van der Waals surface area contributed by atoms with Crippen molar-refractivity contribution in [1.29, 1.82) is 0 Å². The highest BCUT2D eigenvalue weighted by Crippen LogP contribution is 2.16. The molecule has 204 valence electrons. The van der Waals surface area contributed by atoms with Gasteiger partial charge in [-0.2, -0.15) is 0 Å². The molecule has 1 rings (SSSR count). The van der Waals surface area contributed by atoms with Crippen LogP contribution in [0.3, 0.4) is 0 Å². The first kappa shape index (κ1) is 31.6.